The Morgan fingerprint density at radius 2 is 2.04 bits per heavy atom. The van der Waals surface area contributed by atoms with Gasteiger partial charge in [0.2, 0.25) is 5.91 Å². The minimum Gasteiger partial charge on any atom is -0.490 e. The van der Waals surface area contributed by atoms with Crippen LogP contribution in [0.3, 0.4) is 0 Å². The number of aromatic nitrogens is 3. The second kappa shape index (κ2) is 8.37. The lowest BCUT2D eigenvalue weighted by Crippen LogP contribution is -2.11. The van der Waals surface area contributed by atoms with Gasteiger partial charge in [0, 0.05) is 24.6 Å². The first kappa shape index (κ1) is 19.8. The minimum absolute atomic E-state index is 0.229. The summed E-state index contributed by atoms with van der Waals surface area (Å²) in [6, 6.07) is 8.21. The molecule has 0 radical (unpaired) electrons. The molecule has 1 amide bonds. The molecule has 3 aromatic rings. The summed E-state index contributed by atoms with van der Waals surface area (Å²) in [5, 5.41) is 6.90. The molecule has 0 saturated heterocycles. The van der Waals surface area contributed by atoms with Crippen molar-refractivity contribution in [2.45, 2.75) is 34.1 Å². The predicted octanol–water partition coefficient (Wildman–Crippen LogP) is 4.55. The van der Waals surface area contributed by atoms with Crippen molar-refractivity contribution in [1.29, 1.82) is 0 Å². The molecule has 0 aliphatic carbocycles. The van der Waals surface area contributed by atoms with E-state index in [4.69, 9.17) is 4.74 Å². The molecule has 3 rings (SSSR count). The van der Waals surface area contributed by atoms with Gasteiger partial charge in [-0.25, -0.2) is 13.9 Å². The molecule has 0 saturated carbocycles. The van der Waals surface area contributed by atoms with Crippen LogP contribution in [0, 0.1) is 17.7 Å². The molecule has 0 spiro atoms. The van der Waals surface area contributed by atoms with E-state index < -0.39 is 5.82 Å². The Morgan fingerprint density at radius 3 is 2.71 bits per heavy atom. The number of ether oxygens (including phenoxy) is 1. The smallest absolute Gasteiger partial charge is 0.222 e. The van der Waals surface area contributed by atoms with Gasteiger partial charge >= 0.3 is 0 Å². The van der Waals surface area contributed by atoms with Gasteiger partial charge in [-0.1, -0.05) is 20.8 Å². The summed E-state index contributed by atoms with van der Waals surface area (Å²) in [4.78, 5) is 15.7. The summed E-state index contributed by atoms with van der Waals surface area (Å²) < 4.78 is 21.9. The van der Waals surface area contributed by atoms with Crippen LogP contribution in [0.1, 0.15) is 34.1 Å². The van der Waals surface area contributed by atoms with Gasteiger partial charge in [0.1, 0.15) is 5.82 Å². The van der Waals surface area contributed by atoms with Crippen LogP contribution in [0.4, 0.5) is 10.2 Å². The van der Waals surface area contributed by atoms with Crippen LogP contribution in [0.5, 0.6) is 5.75 Å². The van der Waals surface area contributed by atoms with E-state index in [9.17, 15) is 9.18 Å². The molecule has 1 aromatic carbocycles. The molecular weight excluding hydrogens is 359 g/mol. The zero-order valence-electron chi connectivity index (χ0n) is 16.6. The first-order valence-corrected chi connectivity index (χ1v) is 9.38. The number of amides is 1. The van der Waals surface area contributed by atoms with Crippen molar-refractivity contribution < 1.29 is 13.9 Å². The minimum atomic E-state index is -0.438. The Labute approximate surface area is 163 Å². The zero-order chi connectivity index (χ0) is 20.3. The number of rotatable bonds is 7. The summed E-state index contributed by atoms with van der Waals surface area (Å²) in [6.45, 7) is 8.30. The Balaban J connectivity index is 1.87. The number of halogens is 1. The van der Waals surface area contributed by atoms with Crippen molar-refractivity contribution in [3.05, 3.63) is 42.3 Å². The third-order valence-electron chi connectivity index (χ3n) is 4.29. The fourth-order valence-electron chi connectivity index (χ4n) is 3.25. The van der Waals surface area contributed by atoms with Gasteiger partial charge < -0.3 is 10.1 Å². The van der Waals surface area contributed by atoms with Crippen LogP contribution < -0.4 is 10.1 Å². The lowest BCUT2D eigenvalue weighted by atomic mass is 10.00. The number of fused-ring (bicyclic) bond motifs is 1. The molecule has 0 fully saturated rings. The van der Waals surface area contributed by atoms with Crippen LogP contribution in [0.2, 0.25) is 0 Å². The van der Waals surface area contributed by atoms with E-state index in [2.05, 4.69) is 36.2 Å². The fraction of sp³-hybridized carbons (Fsp3) is 0.381. The largest absolute Gasteiger partial charge is 0.490 e. The van der Waals surface area contributed by atoms with Crippen LogP contribution in [-0.2, 0) is 4.79 Å². The molecule has 28 heavy (non-hydrogen) atoms. The van der Waals surface area contributed by atoms with Crippen molar-refractivity contribution in [1.82, 2.24) is 14.6 Å². The summed E-state index contributed by atoms with van der Waals surface area (Å²) in [5.41, 5.74) is 1.80. The normalized spacial score (nSPS) is 12.4. The standard InChI is InChI=1S/C21H25FN4O2/c1-13(2)9-14(3)12-28-19-6-5-16(10-17(19)22)18-11-20(24-15(4)27)25-21-7-8-23-26(18)21/h5-8,10-11,13-14H,9,12H2,1-4H3,(H,24,25,27)/t14-/m1/s1. The summed E-state index contributed by atoms with van der Waals surface area (Å²) >= 11 is 0. The maximum Gasteiger partial charge on any atom is 0.222 e. The Hall–Kier alpha value is -2.96. The average Bonchev–Trinajstić information content (AvgIpc) is 3.07. The topological polar surface area (TPSA) is 68.5 Å². The number of carbonyl (C=O) groups is 1. The highest BCUT2D eigenvalue weighted by Gasteiger charge is 2.14. The van der Waals surface area contributed by atoms with Gasteiger partial charge in [-0.05, 0) is 36.5 Å². The summed E-state index contributed by atoms with van der Waals surface area (Å²) in [5.74, 6) is 0.876. The number of benzene rings is 1. The molecule has 0 bridgehead atoms. The Morgan fingerprint density at radius 1 is 1.25 bits per heavy atom. The molecule has 1 N–H and O–H groups in total. The van der Waals surface area contributed by atoms with Crippen molar-refractivity contribution >= 4 is 17.4 Å². The molecule has 148 valence electrons. The van der Waals surface area contributed by atoms with E-state index in [0.29, 0.717) is 41.2 Å². The van der Waals surface area contributed by atoms with Crippen molar-refractivity contribution in [3.63, 3.8) is 0 Å². The molecule has 0 aliphatic heterocycles. The monoisotopic (exact) mass is 384 g/mol. The maximum absolute atomic E-state index is 14.6. The summed E-state index contributed by atoms with van der Waals surface area (Å²) in [7, 11) is 0. The van der Waals surface area contributed by atoms with E-state index in [1.807, 2.05) is 0 Å². The second-order valence-corrected chi connectivity index (χ2v) is 7.50. The fourth-order valence-corrected chi connectivity index (χ4v) is 3.25. The average molecular weight is 384 g/mol. The van der Waals surface area contributed by atoms with Crippen molar-refractivity contribution in [3.8, 4) is 17.0 Å². The van der Waals surface area contributed by atoms with E-state index in [-0.39, 0.29) is 11.7 Å². The molecule has 7 heteroatoms. The van der Waals surface area contributed by atoms with E-state index in [0.717, 1.165) is 6.42 Å². The molecular formula is C21H25FN4O2. The Kier molecular flexibility index (Phi) is 5.92. The van der Waals surface area contributed by atoms with Crippen molar-refractivity contribution in [2.24, 2.45) is 11.8 Å². The SMILES string of the molecule is CC(=O)Nc1cc(-c2ccc(OC[C@H](C)CC(C)C)c(F)c2)n2nccc2n1. The maximum atomic E-state index is 14.6. The molecule has 2 heterocycles. The van der Waals surface area contributed by atoms with Gasteiger partial charge in [-0.15, -0.1) is 0 Å². The van der Waals surface area contributed by atoms with Gasteiger partial charge in [-0.3, -0.25) is 4.79 Å². The third kappa shape index (κ3) is 4.65. The number of anilines is 1. The Bertz CT molecular complexity index is 984. The van der Waals surface area contributed by atoms with Crippen LogP contribution in [0.25, 0.3) is 16.9 Å². The first-order chi connectivity index (χ1) is 13.3. The van der Waals surface area contributed by atoms with Crippen LogP contribution in [-0.4, -0.2) is 27.1 Å². The number of hydrogen-bond acceptors (Lipinski definition) is 4. The van der Waals surface area contributed by atoms with E-state index in [1.54, 1.807) is 35.0 Å². The summed E-state index contributed by atoms with van der Waals surface area (Å²) in [6.07, 6.45) is 2.63. The molecule has 2 aromatic heterocycles. The highest BCUT2D eigenvalue weighted by atomic mass is 19.1. The lowest BCUT2D eigenvalue weighted by molar-refractivity contribution is -0.114. The number of nitrogens with one attached hydrogen (secondary N) is 1. The lowest BCUT2D eigenvalue weighted by Gasteiger charge is -2.16. The third-order valence-corrected chi connectivity index (χ3v) is 4.29. The van der Waals surface area contributed by atoms with E-state index >= 15 is 0 Å². The second-order valence-electron chi connectivity index (χ2n) is 7.50. The van der Waals surface area contributed by atoms with Gasteiger partial charge in [0.25, 0.3) is 0 Å². The van der Waals surface area contributed by atoms with Crippen molar-refractivity contribution in [2.75, 3.05) is 11.9 Å². The quantitative estimate of drug-likeness (QED) is 0.649. The molecule has 6 nitrogen and oxygen atoms in total. The highest BCUT2D eigenvalue weighted by molar-refractivity contribution is 5.88. The first-order valence-electron chi connectivity index (χ1n) is 9.38. The highest BCUT2D eigenvalue weighted by Crippen LogP contribution is 2.28. The van der Waals surface area contributed by atoms with Gasteiger partial charge in [0.05, 0.1) is 18.5 Å². The van der Waals surface area contributed by atoms with Crippen LogP contribution in [0.15, 0.2) is 36.5 Å². The zero-order valence-corrected chi connectivity index (χ0v) is 16.6. The van der Waals surface area contributed by atoms with E-state index in [1.165, 1.54) is 13.0 Å². The van der Waals surface area contributed by atoms with Crippen LogP contribution >= 0.6 is 0 Å². The molecule has 0 unspecified atom stereocenters. The predicted molar refractivity (Wildman–Crippen MR) is 107 cm³/mol. The number of nitrogens with zero attached hydrogens (tertiary/aromatic N) is 3. The molecule has 0 aliphatic rings. The van der Waals surface area contributed by atoms with Gasteiger partial charge in [0.15, 0.2) is 17.2 Å². The number of hydrogen-bond donors (Lipinski definition) is 1. The van der Waals surface area contributed by atoms with Gasteiger partial charge in [-0.2, -0.15) is 5.10 Å². The molecule has 1 atom stereocenters. The number of carbonyl (C=O) groups excluding carboxylic acids is 1.